The molecule has 1 unspecified atom stereocenters. The maximum atomic E-state index is 13.9. The first-order valence-corrected chi connectivity index (χ1v) is 8.71. The van der Waals surface area contributed by atoms with Crippen molar-refractivity contribution in [3.05, 3.63) is 29.8 Å². The molecule has 0 bridgehead atoms. The summed E-state index contributed by atoms with van der Waals surface area (Å²) in [5, 5.41) is 13.9. The van der Waals surface area contributed by atoms with Crippen LogP contribution < -0.4 is 15.5 Å². The minimum atomic E-state index is -1.16. The highest BCUT2D eigenvalue weighted by Crippen LogP contribution is 2.25. The minimum Gasteiger partial charge on any atom is -0.480 e. The number of hydrogen-bond donors (Lipinski definition) is 3. The SMILES string of the molecule is CC(C)C[C@H](NC(=O)CCC1NC(=O)N(c2ccc(F)cc2F)C1=O)C(=O)O. The Hall–Kier alpha value is -3.04. The lowest BCUT2D eigenvalue weighted by molar-refractivity contribution is -0.142. The van der Waals surface area contributed by atoms with E-state index in [0.717, 1.165) is 12.1 Å². The van der Waals surface area contributed by atoms with Crippen LogP contribution in [0.2, 0.25) is 0 Å². The highest BCUT2D eigenvalue weighted by Gasteiger charge is 2.40. The van der Waals surface area contributed by atoms with Gasteiger partial charge >= 0.3 is 12.0 Å². The summed E-state index contributed by atoms with van der Waals surface area (Å²) in [6.45, 7) is 3.63. The summed E-state index contributed by atoms with van der Waals surface area (Å²) in [4.78, 5) is 48.2. The number of carboxylic acids is 1. The summed E-state index contributed by atoms with van der Waals surface area (Å²) in [7, 11) is 0. The van der Waals surface area contributed by atoms with E-state index in [4.69, 9.17) is 5.11 Å². The Morgan fingerprint density at radius 2 is 1.96 bits per heavy atom. The van der Waals surface area contributed by atoms with Gasteiger partial charge in [0.1, 0.15) is 23.7 Å². The molecule has 1 saturated heterocycles. The third kappa shape index (κ3) is 5.02. The number of urea groups is 1. The zero-order valence-electron chi connectivity index (χ0n) is 15.4. The number of halogens is 2. The van der Waals surface area contributed by atoms with E-state index >= 15 is 0 Å². The molecule has 1 aliphatic heterocycles. The highest BCUT2D eigenvalue weighted by atomic mass is 19.1. The van der Waals surface area contributed by atoms with Gasteiger partial charge < -0.3 is 15.7 Å². The molecule has 1 heterocycles. The van der Waals surface area contributed by atoms with Gasteiger partial charge in [0.25, 0.3) is 5.91 Å². The average Bonchev–Trinajstić information content (AvgIpc) is 2.86. The van der Waals surface area contributed by atoms with Gasteiger partial charge in [0.2, 0.25) is 5.91 Å². The lowest BCUT2D eigenvalue weighted by Crippen LogP contribution is -2.42. The van der Waals surface area contributed by atoms with Gasteiger partial charge in [-0.3, -0.25) is 9.59 Å². The smallest absolute Gasteiger partial charge is 0.329 e. The first-order chi connectivity index (χ1) is 13.1. The lowest BCUT2D eigenvalue weighted by atomic mass is 10.0. The summed E-state index contributed by atoms with van der Waals surface area (Å²) < 4.78 is 26.9. The Morgan fingerprint density at radius 1 is 1.29 bits per heavy atom. The molecule has 28 heavy (non-hydrogen) atoms. The second-order valence-electron chi connectivity index (χ2n) is 6.90. The van der Waals surface area contributed by atoms with Crippen LogP contribution in [0.1, 0.15) is 33.1 Å². The Morgan fingerprint density at radius 3 is 2.54 bits per heavy atom. The minimum absolute atomic E-state index is 0.0521. The van der Waals surface area contributed by atoms with Crippen molar-refractivity contribution in [2.24, 2.45) is 5.92 Å². The Bertz CT molecular complexity index is 799. The van der Waals surface area contributed by atoms with Crippen molar-refractivity contribution in [2.45, 2.75) is 45.2 Å². The van der Waals surface area contributed by atoms with E-state index in [1.54, 1.807) is 0 Å². The molecule has 8 nitrogen and oxygen atoms in total. The number of imide groups is 1. The molecule has 2 atom stereocenters. The Kier molecular flexibility index (Phi) is 6.66. The van der Waals surface area contributed by atoms with E-state index in [2.05, 4.69) is 10.6 Å². The van der Waals surface area contributed by atoms with E-state index in [9.17, 15) is 28.0 Å². The molecule has 1 fully saturated rings. The molecule has 2 rings (SSSR count). The van der Waals surface area contributed by atoms with Crippen LogP contribution in [-0.4, -0.2) is 41.0 Å². The highest BCUT2D eigenvalue weighted by molar-refractivity contribution is 6.21. The van der Waals surface area contributed by atoms with Gasteiger partial charge in [0.15, 0.2) is 0 Å². The van der Waals surface area contributed by atoms with Crippen LogP contribution in [0, 0.1) is 17.6 Å². The van der Waals surface area contributed by atoms with E-state index < -0.39 is 53.2 Å². The van der Waals surface area contributed by atoms with Crippen LogP contribution in [0.3, 0.4) is 0 Å². The van der Waals surface area contributed by atoms with Crippen LogP contribution in [0.4, 0.5) is 19.3 Å². The summed E-state index contributed by atoms with van der Waals surface area (Å²) >= 11 is 0. The van der Waals surface area contributed by atoms with Crippen LogP contribution in [-0.2, 0) is 14.4 Å². The molecule has 0 spiro atoms. The quantitative estimate of drug-likeness (QED) is 0.579. The van der Waals surface area contributed by atoms with Crippen LogP contribution in [0.15, 0.2) is 18.2 Å². The molecule has 0 radical (unpaired) electrons. The number of hydrogen-bond acceptors (Lipinski definition) is 4. The van der Waals surface area contributed by atoms with Crippen LogP contribution >= 0.6 is 0 Å². The summed E-state index contributed by atoms with van der Waals surface area (Å²) in [6, 6.07) is -0.565. The fourth-order valence-electron chi connectivity index (χ4n) is 2.85. The second-order valence-corrected chi connectivity index (χ2v) is 6.90. The zero-order valence-corrected chi connectivity index (χ0v) is 15.4. The van der Waals surface area contributed by atoms with E-state index in [0.29, 0.717) is 11.0 Å². The second kappa shape index (κ2) is 8.77. The van der Waals surface area contributed by atoms with Gasteiger partial charge in [-0.25, -0.2) is 23.3 Å². The average molecular weight is 397 g/mol. The largest absolute Gasteiger partial charge is 0.480 e. The maximum Gasteiger partial charge on any atom is 0.329 e. The monoisotopic (exact) mass is 397 g/mol. The molecule has 0 saturated carbocycles. The Labute approximate surface area is 159 Å². The third-order valence-electron chi connectivity index (χ3n) is 4.17. The van der Waals surface area contributed by atoms with Crippen molar-refractivity contribution in [3.63, 3.8) is 0 Å². The van der Waals surface area contributed by atoms with Crippen molar-refractivity contribution in [2.75, 3.05) is 4.90 Å². The number of benzene rings is 1. The number of carbonyl (C=O) groups excluding carboxylic acids is 3. The predicted molar refractivity (Wildman–Crippen MR) is 94.4 cm³/mol. The van der Waals surface area contributed by atoms with Gasteiger partial charge in [-0.2, -0.15) is 0 Å². The summed E-state index contributed by atoms with van der Waals surface area (Å²) in [5.74, 6) is -4.39. The number of nitrogens with zero attached hydrogens (tertiary/aromatic N) is 1. The first kappa shape index (κ1) is 21.3. The van der Waals surface area contributed by atoms with Crippen LogP contribution in [0.25, 0.3) is 0 Å². The molecule has 0 aromatic heterocycles. The van der Waals surface area contributed by atoms with Gasteiger partial charge in [0.05, 0.1) is 5.69 Å². The van der Waals surface area contributed by atoms with Crippen molar-refractivity contribution >= 4 is 29.5 Å². The number of carboxylic acid groups (broad SMARTS) is 1. The molecule has 1 aliphatic rings. The first-order valence-electron chi connectivity index (χ1n) is 8.71. The number of aliphatic carboxylic acids is 1. The molecular formula is C18H21F2N3O5. The molecule has 0 aliphatic carbocycles. The number of amides is 4. The number of carbonyl (C=O) groups is 4. The fraction of sp³-hybridized carbons (Fsp3) is 0.444. The van der Waals surface area contributed by atoms with Gasteiger partial charge in [0, 0.05) is 12.5 Å². The van der Waals surface area contributed by atoms with Crippen molar-refractivity contribution in [3.8, 4) is 0 Å². The van der Waals surface area contributed by atoms with E-state index in [-0.39, 0.29) is 25.2 Å². The molecule has 1 aromatic carbocycles. The topological polar surface area (TPSA) is 116 Å². The summed E-state index contributed by atoms with van der Waals surface area (Å²) in [5.41, 5.74) is -0.390. The number of anilines is 1. The molecular weight excluding hydrogens is 376 g/mol. The van der Waals surface area contributed by atoms with Crippen molar-refractivity contribution in [1.29, 1.82) is 0 Å². The normalized spacial score (nSPS) is 17.6. The molecule has 152 valence electrons. The molecule has 10 heteroatoms. The van der Waals surface area contributed by atoms with E-state index in [1.165, 1.54) is 0 Å². The molecule has 1 aromatic rings. The fourth-order valence-corrected chi connectivity index (χ4v) is 2.85. The van der Waals surface area contributed by atoms with Gasteiger partial charge in [-0.05, 0) is 30.9 Å². The Balaban J connectivity index is 1.98. The zero-order chi connectivity index (χ0) is 21.0. The third-order valence-corrected chi connectivity index (χ3v) is 4.17. The standard InChI is InChI=1S/C18H21F2N3O5/c1-9(2)7-13(17(26)27)21-15(24)6-4-12-16(25)23(18(28)22-12)14-5-3-10(19)8-11(14)20/h3,5,8-9,12-13H,4,6-7H2,1-2H3,(H,21,24)(H,22,28)(H,26,27)/t12?,13-/m0/s1. The number of nitrogens with one attached hydrogen (secondary N) is 2. The summed E-state index contributed by atoms with van der Waals surface area (Å²) in [6.07, 6.45) is -0.0557. The van der Waals surface area contributed by atoms with Gasteiger partial charge in [-0.15, -0.1) is 0 Å². The molecule has 3 N–H and O–H groups in total. The lowest BCUT2D eigenvalue weighted by Gasteiger charge is -2.17. The number of rotatable bonds is 8. The molecule has 4 amide bonds. The van der Waals surface area contributed by atoms with Crippen LogP contribution in [0.5, 0.6) is 0 Å². The van der Waals surface area contributed by atoms with E-state index in [1.807, 2.05) is 13.8 Å². The maximum absolute atomic E-state index is 13.9. The van der Waals surface area contributed by atoms with Gasteiger partial charge in [-0.1, -0.05) is 13.8 Å². The van der Waals surface area contributed by atoms with Crippen molar-refractivity contribution < 1.29 is 33.1 Å². The predicted octanol–water partition coefficient (Wildman–Crippen LogP) is 1.79. The van der Waals surface area contributed by atoms with Crippen molar-refractivity contribution in [1.82, 2.24) is 10.6 Å².